The molecular formula is C5H13NOS. The van der Waals surface area contributed by atoms with Gasteiger partial charge >= 0.3 is 0 Å². The van der Waals surface area contributed by atoms with Crippen LogP contribution in [0.3, 0.4) is 0 Å². The van der Waals surface area contributed by atoms with Crippen LogP contribution in [0.15, 0.2) is 0 Å². The first-order chi connectivity index (χ1) is 3.91. The molecular weight excluding hydrogens is 122 g/mol. The summed E-state index contributed by atoms with van der Waals surface area (Å²) in [6.07, 6.45) is 3.33. The third-order valence-electron chi connectivity index (χ3n) is 0.947. The molecule has 0 unspecified atom stereocenters. The van der Waals surface area contributed by atoms with Gasteiger partial charge in [-0.3, -0.25) is 0 Å². The normalized spacial score (nSPS) is 9.75. The molecule has 3 heteroatoms. The van der Waals surface area contributed by atoms with Crippen LogP contribution >= 0.6 is 12.6 Å². The third kappa shape index (κ3) is 6.27. The van der Waals surface area contributed by atoms with Crippen LogP contribution in [0.25, 0.3) is 0 Å². The largest absolute Gasteiger partial charge is 0.317 e. The molecule has 0 atom stereocenters. The van der Waals surface area contributed by atoms with E-state index in [9.17, 15) is 0 Å². The molecule has 0 aliphatic rings. The fourth-order valence-electron chi connectivity index (χ4n) is 0.493. The highest BCUT2D eigenvalue weighted by atomic mass is 32.1. The molecule has 0 spiro atoms. The molecule has 0 saturated heterocycles. The molecule has 0 aromatic carbocycles. The Hall–Kier alpha value is 0.270. The molecule has 0 aliphatic carbocycles. The van der Waals surface area contributed by atoms with Gasteiger partial charge in [0.25, 0.3) is 0 Å². The monoisotopic (exact) mass is 135 g/mol. The van der Waals surface area contributed by atoms with E-state index in [0.717, 1.165) is 25.0 Å². The molecule has 0 rings (SSSR count). The van der Waals surface area contributed by atoms with Gasteiger partial charge in [-0.25, -0.2) is 5.48 Å². The molecule has 0 aromatic rings. The molecule has 0 saturated carbocycles. The first-order valence-corrected chi connectivity index (χ1v) is 3.53. The summed E-state index contributed by atoms with van der Waals surface area (Å²) in [4.78, 5) is 0. The predicted molar refractivity (Wildman–Crippen MR) is 37.5 cm³/mol. The molecule has 0 radical (unpaired) electrons. The standard InChI is InChI=1S/C5H13NOS/c7-6-4-2-1-3-5-8/h6-8H,1-5H2. The summed E-state index contributed by atoms with van der Waals surface area (Å²) >= 11 is 4.04. The van der Waals surface area contributed by atoms with E-state index in [1.165, 1.54) is 0 Å². The average Bonchev–Trinajstić information content (AvgIpc) is 1.81. The molecule has 50 valence electrons. The summed E-state index contributed by atoms with van der Waals surface area (Å²) in [5.74, 6) is 0.950. The van der Waals surface area contributed by atoms with Crippen molar-refractivity contribution in [2.24, 2.45) is 0 Å². The highest BCUT2D eigenvalue weighted by Gasteiger charge is 1.83. The van der Waals surface area contributed by atoms with Crippen LogP contribution in [0.1, 0.15) is 19.3 Å². The van der Waals surface area contributed by atoms with E-state index in [-0.39, 0.29) is 0 Å². The van der Waals surface area contributed by atoms with E-state index in [1.54, 1.807) is 0 Å². The first-order valence-electron chi connectivity index (χ1n) is 2.89. The first kappa shape index (κ1) is 8.27. The molecule has 0 bridgehead atoms. The molecule has 0 fully saturated rings. The average molecular weight is 135 g/mol. The minimum atomic E-state index is 0.702. The van der Waals surface area contributed by atoms with Crippen molar-refractivity contribution in [1.29, 1.82) is 0 Å². The number of unbranched alkanes of at least 4 members (excludes halogenated alkanes) is 2. The molecule has 0 aromatic heterocycles. The highest BCUT2D eigenvalue weighted by molar-refractivity contribution is 7.80. The van der Waals surface area contributed by atoms with Gasteiger partial charge in [0.2, 0.25) is 0 Å². The Bertz CT molecular complexity index is 37.4. The summed E-state index contributed by atoms with van der Waals surface area (Å²) in [7, 11) is 0. The Kier molecular flexibility index (Phi) is 7.52. The zero-order chi connectivity index (χ0) is 6.24. The lowest BCUT2D eigenvalue weighted by Crippen LogP contribution is -2.07. The molecule has 2 nitrogen and oxygen atoms in total. The Morgan fingerprint density at radius 2 is 2.00 bits per heavy atom. The van der Waals surface area contributed by atoms with Gasteiger partial charge in [0, 0.05) is 6.54 Å². The maximum Gasteiger partial charge on any atom is 0.0207 e. The van der Waals surface area contributed by atoms with Crippen molar-refractivity contribution < 1.29 is 5.21 Å². The minimum absolute atomic E-state index is 0.702. The fraction of sp³-hybridized carbons (Fsp3) is 1.00. The number of thiol groups is 1. The van der Waals surface area contributed by atoms with Crippen LogP contribution in [0.2, 0.25) is 0 Å². The quantitative estimate of drug-likeness (QED) is 0.299. The van der Waals surface area contributed by atoms with Gasteiger partial charge in [0.15, 0.2) is 0 Å². The SMILES string of the molecule is ONCCCCCS. The lowest BCUT2D eigenvalue weighted by atomic mass is 10.2. The van der Waals surface area contributed by atoms with E-state index in [4.69, 9.17) is 5.21 Å². The summed E-state index contributed by atoms with van der Waals surface area (Å²) < 4.78 is 0. The summed E-state index contributed by atoms with van der Waals surface area (Å²) in [5.41, 5.74) is 2.10. The van der Waals surface area contributed by atoms with Crippen LogP contribution in [0, 0.1) is 0 Å². The zero-order valence-electron chi connectivity index (χ0n) is 4.93. The third-order valence-corrected chi connectivity index (χ3v) is 1.26. The van der Waals surface area contributed by atoms with E-state index in [1.807, 2.05) is 0 Å². The smallest absolute Gasteiger partial charge is 0.0207 e. The predicted octanol–water partition coefficient (Wildman–Crippen LogP) is 1.07. The maximum atomic E-state index is 8.10. The summed E-state index contributed by atoms with van der Waals surface area (Å²) in [5, 5.41) is 8.10. The van der Waals surface area contributed by atoms with Crippen molar-refractivity contribution in [1.82, 2.24) is 5.48 Å². The number of nitrogens with one attached hydrogen (secondary N) is 1. The lowest BCUT2D eigenvalue weighted by molar-refractivity contribution is 0.165. The van der Waals surface area contributed by atoms with Crippen LogP contribution in [-0.4, -0.2) is 17.5 Å². The second-order valence-corrected chi connectivity index (χ2v) is 2.14. The van der Waals surface area contributed by atoms with Crippen LogP contribution in [0.5, 0.6) is 0 Å². The van der Waals surface area contributed by atoms with Crippen molar-refractivity contribution in [3.05, 3.63) is 0 Å². The topological polar surface area (TPSA) is 32.3 Å². The van der Waals surface area contributed by atoms with Gasteiger partial charge in [-0.2, -0.15) is 12.6 Å². The Balaban J connectivity index is 2.53. The van der Waals surface area contributed by atoms with Gasteiger partial charge in [0.1, 0.15) is 0 Å². The van der Waals surface area contributed by atoms with E-state index < -0.39 is 0 Å². The van der Waals surface area contributed by atoms with Crippen molar-refractivity contribution >= 4 is 12.6 Å². The van der Waals surface area contributed by atoms with E-state index in [0.29, 0.717) is 6.54 Å². The van der Waals surface area contributed by atoms with Gasteiger partial charge in [-0.15, -0.1) is 0 Å². The molecule has 8 heavy (non-hydrogen) atoms. The zero-order valence-corrected chi connectivity index (χ0v) is 5.82. The van der Waals surface area contributed by atoms with Gasteiger partial charge < -0.3 is 5.21 Å². The van der Waals surface area contributed by atoms with Crippen LogP contribution in [0.4, 0.5) is 0 Å². The van der Waals surface area contributed by atoms with Gasteiger partial charge in [0.05, 0.1) is 0 Å². The second kappa shape index (κ2) is 7.27. The molecule has 0 aliphatic heterocycles. The van der Waals surface area contributed by atoms with E-state index in [2.05, 4.69) is 18.1 Å². The molecule has 2 N–H and O–H groups in total. The number of rotatable bonds is 5. The van der Waals surface area contributed by atoms with Crippen LogP contribution < -0.4 is 5.48 Å². The number of hydrogen-bond donors (Lipinski definition) is 3. The Labute approximate surface area is 55.7 Å². The summed E-state index contributed by atoms with van der Waals surface area (Å²) in [6, 6.07) is 0. The lowest BCUT2D eigenvalue weighted by Gasteiger charge is -1.94. The second-order valence-electron chi connectivity index (χ2n) is 1.69. The maximum absolute atomic E-state index is 8.10. The van der Waals surface area contributed by atoms with E-state index >= 15 is 0 Å². The van der Waals surface area contributed by atoms with Crippen molar-refractivity contribution in [3.8, 4) is 0 Å². The number of hydroxylamine groups is 1. The van der Waals surface area contributed by atoms with Crippen molar-refractivity contribution in [3.63, 3.8) is 0 Å². The van der Waals surface area contributed by atoms with Gasteiger partial charge in [-0.05, 0) is 18.6 Å². The van der Waals surface area contributed by atoms with Crippen molar-refractivity contribution in [2.45, 2.75) is 19.3 Å². The van der Waals surface area contributed by atoms with Gasteiger partial charge in [-0.1, -0.05) is 6.42 Å². The highest BCUT2D eigenvalue weighted by Crippen LogP contribution is 1.94. The fourth-order valence-corrected chi connectivity index (χ4v) is 0.716. The Morgan fingerprint density at radius 1 is 1.25 bits per heavy atom. The summed E-state index contributed by atoms with van der Waals surface area (Å²) in [6.45, 7) is 0.702. The minimum Gasteiger partial charge on any atom is -0.317 e. The Morgan fingerprint density at radius 3 is 2.50 bits per heavy atom. The molecule has 0 amide bonds. The van der Waals surface area contributed by atoms with Crippen molar-refractivity contribution in [2.75, 3.05) is 12.3 Å². The van der Waals surface area contributed by atoms with Crippen LogP contribution in [-0.2, 0) is 0 Å². The number of hydrogen-bond acceptors (Lipinski definition) is 3. The molecule has 0 heterocycles.